The summed E-state index contributed by atoms with van der Waals surface area (Å²) in [6.07, 6.45) is 0. The highest BCUT2D eigenvalue weighted by molar-refractivity contribution is 5.78. The van der Waals surface area contributed by atoms with Gasteiger partial charge in [-0.1, -0.05) is 35.9 Å². The average molecular weight is 476 g/mol. The van der Waals surface area contributed by atoms with E-state index in [1.807, 2.05) is 37.3 Å². The molecular formula is C27H24O8. The fourth-order valence-electron chi connectivity index (χ4n) is 5.13. The number of aliphatic carboxylic acids is 2. The van der Waals surface area contributed by atoms with Gasteiger partial charge in [-0.25, -0.2) is 4.79 Å². The maximum atomic E-state index is 12.8. The van der Waals surface area contributed by atoms with Crippen molar-refractivity contribution in [3.05, 3.63) is 82.4 Å². The van der Waals surface area contributed by atoms with Gasteiger partial charge in [0, 0.05) is 23.5 Å². The first-order valence-corrected chi connectivity index (χ1v) is 11.1. The summed E-state index contributed by atoms with van der Waals surface area (Å²) >= 11 is 0. The monoisotopic (exact) mass is 476 g/mol. The molecular weight excluding hydrogens is 452 g/mol. The van der Waals surface area contributed by atoms with Crippen LogP contribution in [0.2, 0.25) is 0 Å². The molecule has 0 aromatic heterocycles. The standard InChI is InChI=1S/C27H24O8/c1-14-3-6-17-19(9-14)25(18-7-5-16(32-2)11-21(18)33-12-23(28)29)26(27(30)31)24(17)15-4-8-20-22(10-15)35-13-34-20/h3-11,24-26H,12-13H2,1-2H3,(H,28,29)(H,30,31). The lowest BCUT2D eigenvalue weighted by molar-refractivity contribution is -0.142. The Kier molecular flexibility index (Phi) is 5.72. The Morgan fingerprint density at radius 3 is 2.43 bits per heavy atom. The molecule has 3 atom stereocenters. The second kappa shape index (κ2) is 8.87. The number of rotatable bonds is 7. The summed E-state index contributed by atoms with van der Waals surface area (Å²) in [5.74, 6) is -2.03. The van der Waals surface area contributed by atoms with Gasteiger partial charge in [0.15, 0.2) is 18.1 Å². The molecule has 180 valence electrons. The molecule has 3 unspecified atom stereocenters. The molecule has 2 aliphatic rings. The highest BCUT2D eigenvalue weighted by atomic mass is 16.7. The van der Waals surface area contributed by atoms with Crippen LogP contribution in [0.4, 0.5) is 0 Å². The fourth-order valence-corrected chi connectivity index (χ4v) is 5.13. The number of carbonyl (C=O) groups is 2. The molecule has 0 radical (unpaired) electrons. The summed E-state index contributed by atoms with van der Waals surface area (Å²) in [6.45, 7) is 1.52. The zero-order chi connectivity index (χ0) is 24.7. The zero-order valence-corrected chi connectivity index (χ0v) is 19.2. The number of carboxylic acids is 2. The van der Waals surface area contributed by atoms with E-state index < -0.39 is 36.3 Å². The number of fused-ring (bicyclic) bond motifs is 2. The Balaban J connectivity index is 1.69. The van der Waals surface area contributed by atoms with Crippen LogP contribution < -0.4 is 18.9 Å². The van der Waals surface area contributed by atoms with Crippen molar-refractivity contribution in [1.82, 2.24) is 0 Å². The maximum absolute atomic E-state index is 12.8. The smallest absolute Gasteiger partial charge is 0.341 e. The van der Waals surface area contributed by atoms with Crippen molar-refractivity contribution in [3.8, 4) is 23.0 Å². The van der Waals surface area contributed by atoms with E-state index in [0.29, 0.717) is 22.8 Å². The van der Waals surface area contributed by atoms with E-state index in [4.69, 9.17) is 18.9 Å². The van der Waals surface area contributed by atoms with Crippen molar-refractivity contribution in [3.63, 3.8) is 0 Å². The van der Waals surface area contributed by atoms with E-state index in [1.54, 1.807) is 24.3 Å². The Morgan fingerprint density at radius 2 is 1.69 bits per heavy atom. The van der Waals surface area contributed by atoms with Crippen LogP contribution in [-0.2, 0) is 9.59 Å². The lowest BCUT2D eigenvalue weighted by atomic mass is 9.79. The van der Waals surface area contributed by atoms with Gasteiger partial charge in [0.1, 0.15) is 11.5 Å². The molecule has 0 amide bonds. The Labute approximate surface area is 201 Å². The number of carboxylic acid groups (broad SMARTS) is 2. The zero-order valence-electron chi connectivity index (χ0n) is 19.2. The molecule has 35 heavy (non-hydrogen) atoms. The van der Waals surface area contributed by atoms with Gasteiger partial charge in [-0.3, -0.25) is 4.79 Å². The molecule has 0 saturated heterocycles. The van der Waals surface area contributed by atoms with Gasteiger partial charge in [-0.15, -0.1) is 0 Å². The molecule has 1 heterocycles. The highest BCUT2D eigenvalue weighted by Crippen LogP contribution is 2.55. The molecule has 2 N–H and O–H groups in total. The molecule has 8 heteroatoms. The van der Waals surface area contributed by atoms with Crippen LogP contribution in [0.15, 0.2) is 54.6 Å². The summed E-state index contributed by atoms with van der Waals surface area (Å²) in [7, 11) is 1.50. The molecule has 0 bridgehead atoms. The third-order valence-corrected chi connectivity index (χ3v) is 6.58. The largest absolute Gasteiger partial charge is 0.497 e. The number of benzene rings is 3. The molecule has 3 aromatic carbocycles. The third kappa shape index (κ3) is 4.01. The molecule has 3 aromatic rings. The van der Waals surface area contributed by atoms with Gasteiger partial charge in [-0.05, 0) is 41.8 Å². The van der Waals surface area contributed by atoms with Gasteiger partial charge in [0.05, 0.1) is 13.0 Å². The maximum Gasteiger partial charge on any atom is 0.341 e. The van der Waals surface area contributed by atoms with Crippen LogP contribution in [0.3, 0.4) is 0 Å². The summed E-state index contributed by atoms with van der Waals surface area (Å²) in [5.41, 5.74) is 4.15. The van der Waals surface area contributed by atoms with Crippen LogP contribution in [0.5, 0.6) is 23.0 Å². The molecule has 0 fully saturated rings. The molecule has 1 aliphatic carbocycles. The van der Waals surface area contributed by atoms with Crippen LogP contribution in [0, 0.1) is 12.8 Å². The molecule has 1 aliphatic heterocycles. The van der Waals surface area contributed by atoms with Gasteiger partial charge >= 0.3 is 11.9 Å². The molecule has 0 saturated carbocycles. The van der Waals surface area contributed by atoms with Gasteiger partial charge in [0.25, 0.3) is 0 Å². The number of hydrogen-bond donors (Lipinski definition) is 2. The molecule has 5 rings (SSSR count). The predicted molar refractivity (Wildman–Crippen MR) is 125 cm³/mol. The minimum atomic E-state index is -1.13. The Bertz CT molecular complexity index is 1310. The summed E-state index contributed by atoms with van der Waals surface area (Å²) in [4.78, 5) is 24.1. The van der Waals surface area contributed by atoms with E-state index in [-0.39, 0.29) is 12.5 Å². The summed E-state index contributed by atoms with van der Waals surface area (Å²) in [5, 5.41) is 19.7. The van der Waals surface area contributed by atoms with Crippen LogP contribution in [0.1, 0.15) is 39.7 Å². The van der Waals surface area contributed by atoms with Gasteiger partial charge in [-0.2, -0.15) is 0 Å². The first-order chi connectivity index (χ1) is 16.9. The first kappa shape index (κ1) is 22.6. The van der Waals surface area contributed by atoms with Gasteiger partial charge < -0.3 is 29.2 Å². The van der Waals surface area contributed by atoms with E-state index in [2.05, 4.69) is 0 Å². The van der Waals surface area contributed by atoms with E-state index >= 15 is 0 Å². The van der Waals surface area contributed by atoms with Gasteiger partial charge in [0.2, 0.25) is 6.79 Å². The van der Waals surface area contributed by atoms with Crippen molar-refractivity contribution >= 4 is 11.9 Å². The van der Waals surface area contributed by atoms with Crippen molar-refractivity contribution in [2.45, 2.75) is 18.8 Å². The molecule has 8 nitrogen and oxygen atoms in total. The summed E-state index contributed by atoms with van der Waals surface area (Å²) in [6, 6.07) is 16.5. The van der Waals surface area contributed by atoms with Crippen LogP contribution >= 0.6 is 0 Å². The van der Waals surface area contributed by atoms with Crippen LogP contribution in [0.25, 0.3) is 0 Å². The number of methoxy groups -OCH3 is 1. The minimum Gasteiger partial charge on any atom is -0.497 e. The second-order valence-corrected chi connectivity index (χ2v) is 8.65. The van der Waals surface area contributed by atoms with Crippen molar-refractivity contribution in [1.29, 1.82) is 0 Å². The third-order valence-electron chi connectivity index (χ3n) is 6.58. The lowest BCUT2D eigenvalue weighted by Crippen LogP contribution is -2.24. The van der Waals surface area contributed by atoms with E-state index in [1.165, 1.54) is 7.11 Å². The number of aryl methyl sites for hydroxylation is 1. The van der Waals surface area contributed by atoms with Crippen molar-refractivity contribution in [2.24, 2.45) is 5.92 Å². The normalized spacial score (nSPS) is 19.8. The quantitative estimate of drug-likeness (QED) is 0.523. The predicted octanol–water partition coefficient (Wildman–Crippen LogP) is 4.17. The fraction of sp³-hybridized carbons (Fsp3) is 0.259. The SMILES string of the molecule is COc1ccc(C2c3cc(C)ccc3C(c3ccc4c(c3)OCO4)C2C(=O)O)c(OCC(=O)O)c1. The topological polar surface area (TPSA) is 112 Å². The highest BCUT2D eigenvalue weighted by Gasteiger charge is 2.47. The Hall–Kier alpha value is -4.20. The van der Waals surface area contributed by atoms with E-state index in [9.17, 15) is 19.8 Å². The second-order valence-electron chi connectivity index (χ2n) is 8.65. The lowest BCUT2D eigenvalue weighted by Gasteiger charge is -2.24. The van der Waals surface area contributed by atoms with Crippen molar-refractivity contribution < 1.29 is 38.7 Å². The van der Waals surface area contributed by atoms with Crippen molar-refractivity contribution in [2.75, 3.05) is 20.5 Å². The minimum absolute atomic E-state index is 0.125. The van der Waals surface area contributed by atoms with Crippen LogP contribution in [-0.4, -0.2) is 42.7 Å². The number of hydrogen-bond acceptors (Lipinski definition) is 6. The molecule has 0 spiro atoms. The number of ether oxygens (including phenoxy) is 4. The van der Waals surface area contributed by atoms with E-state index in [0.717, 1.165) is 22.3 Å². The average Bonchev–Trinajstić information content (AvgIpc) is 3.44. The summed E-state index contributed by atoms with van der Waals surface area (Å²) < 4.78 is 21.9. The Morgan fingerprint density at radius 1 is 0.914 bits per heavy atom. The first-order valence-electron chi connectivity index (χ1n) is 11.1.